The lowest BCUT2D eigenvalue weighted by Crippen LogP contribution is -2.39. The summed E-state index contributed by atoms with van der Waals surface area (Å²) >= 11 is 3.24. The molecule has 1 saturated heterocycles. The Morgan fingerprint density at radius 3 is 2.94 bits per heavy atom. The van der Waals surface area contributed by atoms with Gasteiger partial charge < -0.3 is 10.2 Å². The number of nitrogens with zero attached hydrogens (tertiary/aromatic N) is 2. The number of pyridine rings is 1. The molecule has 2 heterocycles. The van der Waals surface area contributed by atoms with E-state index >= 15 is 0 Å². The maximum atomic E-state index is 12.1. The molecule has 0 bridgehead atoms. The molecule has 1 aliphatic heterocycles. The fourth-order valence-electron chi connectivity index (χ4n) is 2.22. The van der Waals surface area contributed by atoms with Crippen molar-refractivity contribution in [2.75, 3.05) is 13.1 Å². The minimum absolute atomic E-state index is 0.0325. The van der Waals surface area contributed by atoms with Crippen LogP contribution < -0.4 is 5.32 Å². The third-order valence-corrected chi connectivity index (χ3v) is 3.32. The van der Waals surface area contributed by atoms with Gasteiger partial charge in [-0.15, -0.1) is 0 Å². The summed E-state index contributed by atoms with van der Waals surface area (Å²) in [5.74, 6) is 0. The molecule has 0 spiro atoms. The first-order valence-electron chi connectivity index (χ1n) is 5.96. The van der Waals surface area contributed by atoms with Crippen LogP contribution in [0, 0.1) is 0 Å². The molecule has 0 saturated carbocycles. The van der Waals surface area contributed by atoms with Crippen molar-refractivity contribution in [1.29, 1.82) is 0 Å². The Labute approximate surface area is 115 Å². The van der Waals surface area contributed by atoms with Crippen molar-refractivity contribution in [3.63, 3.8) is 0 Å². The largest absolute Gasteiger partial charge is 0.333 e. The molecule has 1 fully saturated rings. The van der Waals surface area contributed by atoms with E-state index in [-0.39, 0.29) is 12.1 Å². The standard InChI is InChI=1S/C13H16BrN3O/c1-10(14)9-16-13(18)17-8-2-3-12(17)11-4-6-15-7-5-11/h4-7,12H,1-3,8-9H2,(H,16,18)/t12-/m0/s1. The van der Waals surface area contributed by atoms with Gasteiger partial charge in [0, 0.05) is 23.4 Å². The summed E-state index contributed by atoms with van der Waals surface area (Å²) in [6.45, 7) is 4.96. The summed E-state index contributed by atoms with van der Waals surface area (Å²) in [5, 5.41) is 2.85. The monoisotopic (exact) mass is 309 g/mol. The van der Waals surface area contributed by atoms with Crippen molar-refractivity contribution in [3.8, 4) is 0 Å². The summed E-state index contributed by atoms with van der Waals surface area (Å²) in [6, 6.07) is 4.07. The van der Waals surface area contributed by atoms with E-state index in [1.54, 1.807) is 12.4 Å². The van der Waals surface area contributed by atoms with E-state index in [9.17, 15) is 4.79 Å². The quantitative estimate of drug-likeness (QED) is 0.933. The van der Waals surface area contributed by atoms with Crippen LogP contribution in [0.25, 0.3) is 0 Å². The number of hydrogen-bond acceptors (Lipinski definition) is 2. The van der Waals surface area contributed by atoms with Crippen LogP contribution in [0.5, 0.6) is 0 Å². The van der Waals surface area contributed by atoms with Gasteiger partial charge in [0.1, 0.15) is 0 Å². The first kappa shape index (κ1) is 13.1. The topological polar surface area (TPSA) is 45.2 Å². The maximum Gasteiger partial charge on any atom is 0.318 e. The number of aromatic nitrogens is 1. The fraction of sp³-hybridized carbons (Fsp3) is 0.385. The molecule has 0 aromatic carbocycles. The fourth-order valence-corrected chi connectivity index (χ4v) is 2.36. The highest BCUT2D eigenvalue weighted by Gasteiger charge is 2.29. The van der Waals surface area contributed by atoms with Crippen LogP contribution in [-0.4, -0.2) is 29.0 Å². The number of nitrogens with one attached hydrogen (secondary N) is 1. The van der Waals surface area contributed by atoms with E-state index < -0.39 is 0 Å². The average molecular weight is 310 g/mol. The minimum Gasteiger partial charge on any atom is -0.333 e. The first-order chi connectivity index (χ1) is 8.68. The summed E-state index contributed by atoms with van der Waals surface area (Å²) < 4.78 is 0.774. The molecule has 5 heteroatoms. The van der Waals surface area contributed by atoms with E-state index in [4.69, 9.17) is 0 Å². The molecule has 1 N–H and O–H groups in total. The van der Waals surface area contributed by atoms with Gasteiger partial charge in [0.05, 0.1) is 12.6 Å². The maximum absolute atomic E-state index is 12.1. The van der Waals surface area contributed by atoms with Gasteiger partial charge >= 0.3 is 6.03 Å². The van der Waals surface area contributed by atoms with Gasteiger partial charge in [-0.3, -0.25) is 4.98 Å². The Bertz CT molecular complexity index is 435. The van der Waals surface area contributed by atoms with Gasteiger partial charge in [-0.05, 0) is 30.5 Å². The summed E-state index contributed by atoms with van der Waals surface area (Å²) in [4.78, 5) is 18.0. The molecule has 0 aliphatic carbocycles. The zero-order valence-corrected chi connectivity index (χ0v) is 11.7. The number of amides is 2. The van der Waals surface area contributed by atoms with Crippen LogP contribution in [0.15, 0.2) is 35.6 Å². The Balaban J connectivity index is 2.03. The second kappa shape index (κ2) is 6.00. The molecule has 0 unspecified atom stereocenters. The van der Waals surface area contributed by atoms with Crippen molar-refractivity contribution < 1.29 is 4.79 Å². The highest BCUT2D eigenvalue weighted by Crippen LogP contribution is 2.31. The summed E-state index contributed by atoms with van der Waals surface area (Å²) in [6.07, 6.45) is 5.58. The summed E-state index contributed by atoms with van der Waals surface area (Å²) in [7, 11) is 0. The molecule has 1 aromatic heterocycles. The van der Waals surface area contributed by atoms with Gasteiger partial charge in [-0.1, -0.05) is 22.5 Å². The molecule has 4 nitrogen and oxygen atoms in total. The lowest BCUT2D eigenvalue weighted by Gasteiger charge is -2.25. The second-order valence-corrected chi connectivity index (χ2v) is 5.43. The number of carbonyl (C=O) groups is 1. The average Bonchev–Trinajstić information content (AvgIpc) is 2.86. The van der Waals surface area contributed by atoms with Crippen LogP contribution in [0.1, 0.15) is 24.4 Å². The van der Waals surface area contributed by atoms with E-state index in [1.165, 1.54) is 0 Å². The van der Waals surface area contributed by atoms with Gasteiger partial charge in [0.25, 0.3) is 0 Å². The Kier molecular flexibility index (Phi) is 4.36. The molecule has 2 amide bonds. The van der Waals surface area contributed by atoms with E-state index in [1.807, 2.05) is 17.0 Å². The lowest BCUT2D eigenvalue weighted by atomic mass is 10.1. The molecular weight excluding hydrogens is 294 g/mol. The zero-order valence-electron chi connectivity index (χ0n) is 10.1. The van der Waals surface area contributed by atoms with Crippen molar-refractivity contribution in [3.05, 3.63) is 41.2 Å². The molecule has 1 aliphatic rings. The number of carbonyl (C=O) groups excluding carboxylic acids is 1. The van der Waals surface area contributed by atoms with Crippen LogP contribution in [0.2, 0.25) is 0 Å². The molecule has 2 rings (SSSR count). The molecule has 96 valence electrons. The Morgan fingerprint density at radius 2 is 2.28 bits per heavy atom. The van der Waals surface area contributed by atoms with Gasteiger partial charge in [-0.25, -0.2) is 4.79 Å². The van der Waals surface area contributed by atoms with Crippen LogP contribution in [-0.2, 0) is 0 Å². The van der Waals surface area contributed by atoms with E-state index in [0.717, 1.165) is 29.4 Å². The number of rotatable bonds is 3. The van der Waals surface area contributed by atoms with Crippen LogP contribution >= 0.6 is 15.9 Å². The molecule has 1 aromatic rings. The third-order valence-electron chi connectivity index (χ3n) is 3.04. The predicted octanol–water partition coefficient (Wildman–Crippen LogP) is 2.84. The SMILES string of the molecule is C=C(Br)CNC(=O)N1CCC[C@H]1c1ccncc1. The second-order valence-electron chi connectivity index (χ2n) is 4.31. The zero-order chi connectivity index (χ0) is 13.0. The molecular formula is C13H16BrN3O. The smallest absolute Gasteiger partial charge is 0.318 e. The normalized spacial score (nSPS) is 18.7. The first-order valence-corrected chi connectivity index (χ1v) is 6.75. The van der Waals surface area contributed by atoms with Gasteiger partial charge in [-0.2, -0.15) is 0 Å². The highest BCUT2D eigenvalue weighted by molar-refractivity contribution is 9.11. The van der Waals surface area contributed by atoms with Crippen LogP contribution in [0.3, 0.4) is 0 Å². The molecule has 0 radical (unpaired) electrons. The van der Waals surface area contributed by atoms with Crippen molar-refractivity contribution in [2.45, 2.75) is 18.9 Å². The number of hydrogen-bond donors (Lipinski definition) is 1. The number of likely N-dealkylation sites (tertiary alicyclic amines) is 1. The van der Waals surface area contributed by atoms with Gasteiger partial charge in [0.2, 0.25) is 0 Å². The van der Waals surface area contributed by atoms with Gasteiger partial charge in [0.15, 0.2) is 0 Å². The van der Waals surface area contributed by atoms with Crippen LogP contribution in [0.4, 0.5) is 4.79 Å². The third kappa shape index (κ3) is 3.10. The number of halogens is 1. The van der Waals surface area contributed by atoms with Crippen molar-refractivity contribution in [2.24, 2.45) is 0 Å². The molecule has 1 atom stereocenters. The Hall–Kier alpha value is -1.36. The predicted molar refractivity (Wildman–Crippen MR) is 74.4 cm³/mol. The number of urea groups is 1. The summed E-state index contributed by atoms with van der Waals surface area (Å²) in [5.41, 5.74) is 1.15. The molecule has 18 heavy (non-hydrogen) atoms. The lowest BCUT2D eigenvalue weighted by molar-refractivity contribution is 0.194. The highest BCUT2D eigenvalue weighted by atomic mass is 79.9. The minimum atomic E-state index is -0.0325. The van der Waals surface area contributed by atoms with E-state index in [0.29, 0.717) is 6.54 Å². The Morgan fingerprint density at radius 1 is 1.56 bits per heavy atom. The van der Waals surface area contributed by atoms with Crippen molar-refractivity contribution >= 4 is 22.0 Å². The van der Waals surface area contributed by atoms with E-state index in [2.05, 4.69) is 32.8 Å². The van der Waals surface area contributed by atoms with Crippen molar-refractivity contribution in [1.82, 2.24) is 15.2 Å².